The zero-order valence-electron chi connectivity index (χ0n) is 13.5. The molecule has 25 heavy (non-hydrogen) atoms. The molecule has 8 heteroatoms. The van der Waals surface area contributed by atoms with Gasteiger partial charge in [0.25, 0.3) is 0 Å². The van der Waals surface area contributed by atoms with Gasteiger partial charge in [-0.2, -0.15) is 0 Å². The molecule has 3 N–H and O–H groups in total. The van der Waals surface area contributed by atoms with Crippen molar-refractivity contribution in [3.8, 4) is 5.88 Å². The molecule has 2 heterocycles. The van der Waals surface area contributed by atoms with E-state index in [1.54, 1.807) is 17.2 Å². The Morgan fingerprint density at radius 1 is 1.20 bits per heavy atom. The number of benzene rings is 1. The highest BCUT2D eigenvalue weighted by Crippen LogP contribution is 2.34. The van der Waals surface area contributed by atoms with Crippen molar-refractivity contribution in [1.29, 1.82) is 0 Å². The minimum Gasteiger partial charge on any atom is -0.493 e. The average molecular weight is 361 g/mol. The van der Waals surface area contributed by atoms with Crippen molar-refractivity contribution in [2.24, 2.45) is 4.99 Å². The Labute approximate surface area is 148 Å². The largest absolute Gasteiger partial charge is 0.493 e. The number of fused-ring (bicyclic) bond motifs is 1. The van der Waals surface area contributed by atoms with Crippen molar-refractivity contribution in [3.63, 3.8) is 0 Å². The van der Waals surface area contributed by atoms with E-state index in [4.69, 9.17) is 10.2 Å². The maximum absolute atomic E-state index is 12.2. The van der Waals surface area contributed by atoms with E-state index in [1.807, 2.05) is 24.3 Å². The van der Waals surface area contributed by atoms with Crippen LogP contribution in [-0.2, 0) is 6.67 Å². The lowest BCUT2D eigenvalue weighted by molar-refractivity contribution is 0.129. The molecule has 2 aromatic rings. The number of aliphatic hydroxyl groups is 2. The van der Waals surface area contributed by atoms with Crippen LogP contribution in [0, 0.1) is 0 Å². The van der Waals surface area contributed by atoms with Crippen molar-refractivity contribution >= 4 is 34.9 Å². The van der Waals surface area contributed by atoms with Crippen LogP contribution in [0.5, 0.6) is 5.88 Å². The fourth-order valence-corrected chi connectivity index (χ4v) is 3.49. The lowest BCUT2D eigenvalue weighted by Crippen LogP contribution is -2.34. The Hall–Kier alpha value is -2.26. The van der Waals surface area contributed by atoms with Gasteiger partial charge in [0.15, 0.2) is 0 Å². The van der Waals surface area contributed by atoms with E-state index in [0.29, 0.717) is 18.0 Å². The highest BCUT2D eigenvalue weighted by Gasteiger charge is 2.17. The first-order valence-corrected chi connectivity index (χ1v) is 8.67. The standard InChI is InChI=1S/C17H19N3O4S/c21-7-5-19(6-8-22)11-20-16(23)15(25-17(20)24)9-12-10-18-14-4-2-1-3-13(12)14/h1-4,9-10,21-23H,5-8,11H2. The summed E-state index contributed by atoms with van der Waals surface area (Å²) in [7, 11) is 0. The molecule has 0 saturated heterocycles. The van der Waals surface area contributed by atoms with E-state index in [0.717, 1.165) is 28.2 Å². The number of aromatic hydroxyl groups is 1. The SMILES string of the molecule is O=c1sc(C=C2C=Nc3ccccc32)c(O)n1CN(CCO)CCO. The highest BCUT2D eigenvalue weighted by molar-refractivity contribution is 7.10. The normalized spacial score (nSPS) is 14.6. The van der Waals surface area contributed by atoms with Gasteiger partial charge in [-0.1, -0.05) is 29.5 Å². The molecule has 0 spiro atoms. The fourth-order valence-electron chi connectivity index (χ4n) is 2.66. The van der Waals surface area contributed by atoms with E-state index in [9.17, 15) is 9.90 Å². The molecule has 0 fully saturated rings. The van der Waals surface area contributed by atoms with Gasteiger partial charge in [-0.25, -0.2) is 0 Å². The first kappa shape index (κ1) is 17.6. The summed E-state index contributed by atoms with van der Waals surface area (Å²) in [6, 6.07) is 7.66. The van der Waals surface area contributed by atoms with Crippen LogP contribution >= 0.6 is 11.3 Å². The summed E-state index contributed by atoms with van der Waals surface area (Å²) < 4.78 is 1.24. The molecule has 0 unspecified atom stereocenters. The molecule has 0 saturated carbocycles. The van der Waals surface area contributed by atoms with Gasteiger partial charge < -0.3 is 15.3 Å². The lowest BCUT2D eigenvalue weighted by Gasteiger charge is -2.20. The molecule has 7 nitrogen and oxygen atoms in total. The second kappa shape index (κ2) is 7.75. The van der Waals surface area contributed by atoms with Crippen molar-refractivity contribution in [2.75, 3.05) is 26.3 Å². The van der Waals surface area contributed by atoms with Crippen molar-refractivity contribution < 1.29 is 15.3 Å². The van der Waals surface area contributed by atoms with E-state index >= 15 is 0 Å². The number of para-hydroxylation sites is 1. The third-order valence-corrected chi connectivity index (χ3v) is 4.83. The van der Waals surface area contributed by atoms with Crippen molar-refractivity contribution in [1.82, 2.24) is 9.47 Å². The molecule has 0 amide bonds. The molecular formula is C17H19N3O4S. The molecule has 1 aromatic heterocycles. The van der Waals surface area contributed by atoms with Gasteiger partial charge in [0.05, 0.1) is 30.4 Å². The monoisotopic (exact) mass is 361 g/mol. The molecule has 0 radical (unpaired) electrons. The summed E-state index contributed by atoms with van der Waals surface area (Å²) in [5, 5.41) is 28.6. The van der Waals surface area contributed by atoms with E-state index < -0.39 is 0 Å². The highest BCUT2D eigenvalue weighted by atomic mass is 32.1. The van der Waals surface area contributed by atoms with Crippen molar-refractivity contribution in [3.05, 3.63) is 44.4 Å². The van der Waals surface area contributed by atoms with Gasteiger partial charge in [-0.15, -0.1) is 0 Å². The molecule has 1 aliphatic rings. The van der Waals surface area contributed by atoms with Gasteiger partial charge in [0, 0.05) is 30.4 Å². The third kappa shape index (κ3) is 3.72. The molecule has 0 bridgehead atoms. The number of hydrogen-bond acceptors (Lipinski definition) is 7. The Morgan fingerprint density at radius 3 is 2.64 bits per heavy atom. The molecule has 0 atom stereocenters. The van der Waals surface area contributed by atoms with Crippen molar-refractivity contribution in [2.45, 2.75) is 6.67 Å². The van der Waals surface area contributed by atoms with E-state index in [2.05, 4.69) is 4.99 Å². The zero-order chi connectivity index (χ0) is 17.8. The average Bonchev–Trinajstić information content (AvgIpc) is 3.12. The number of aliphatic hydroxyl groups excluding tert-OH is 2. The summed E-state index contributed by atoms with van der Waals surface area (Å²) >= 11 is 0.948. The minimum absolute atomic E-state index is 0.0934. The Kier molecular flexibility index (Phi) is 5.44. The number of rotatable bonds is 7. The molecule has 0 aliphatic carbocycles. The summed E-state index contributed by atoms with van der Waals surface area (Å²) in [5.41, 5.74) is 2.65. The van der Waals surface area contributed by atoms with Crippen LogP contribution in [0.3, 0.4) is 0 Å². The number of aliphatic imine (C=N–C) groups is 1. The summed E-state index contributed by atoms with van der Waals surface area (Å²) in [6.07, 6.45) is 3.46. The minimum atomic E-state index is -0.298. The summed E-state index contributed by atoms with van der Waals surface area (Å²) in [5.74, 6) is -0.124. The third-order valence-electron chi connectivity index (χ3n) is 3.91. The zero-order valence-corrected chi connectivity index (χ0v) is 14.3. The quantitative estimate of drug-likeness (QED) is 0.686. The van der Waals surface area contributed by atoms with E-state index in [1.165, 1.54) is 4.57 Å². The van der Waals surface area contributed by atoms with Gasteiger partial charge in [0.1, 0.15) is 0 Å². The van der Waals surface area contributed by atoms with Crippen LogP contribution in [0.15, 0.2) is 34.1 Å². The second-order valence-electron chi connectivity index (χ2n) is 5.57. The van der Waals surface area contributed by atoms with Gasteiger partial charge in [0.2, 0.25) is 5.88 Å². The van der Waals surface area contributed by atoms with Crippen LogP contribution < -0.4 is 4.87 Å². The Morgan fingerprint density at radius 2 is 1.92 bits per heavy atom. The maximum Gasteiger partial charge on any atom is 0.311 e. The van der Waals surface area contributed by atoms with Gasteiger partial charge in [-0.05, 0) is 12.1 Å². The number of nitrogens with zero attached hydrogens (tertiary/aromatic N) is 3. The van der Waals surface area contributed by atoms with Crippen LogP contribution in [0.1, 0.15) is 10.4 Å². The maximum atomic E-state index is 12.2. The molecule has 132 valence electrons. The number of aromatic nitrogens is 1. The summed E-state index contributed by atoms with van der Waals surface area (Å²) in [4.78, 5) is 18.4. The van der Waals surface area contributed by atoms with Crippen LogP contribution in [0.25, 0.3) is 11.6 Å². The molecular weight excluding hydrogens is 342 g/mol. The molecule has 1 aliphatic heterocycles. The fraction of sp³-hybridized carbons (Fsp3) is 0.294. The Bertz CT molecular complexity index is 863. The predicted octanol–water partition coefficient (Wildman–Crippen LogP) is 1.12. The van der Waals surface area contributed by atoms with E-state index in [-0.39, 0.29) is 30.6 Å². The van der Waals surface area contributed by atoms with Gasteiger partial charge in [-0.3, -0.25) is 19.3 Å². The topological polar surface area (TPSA) is 98.3 Å². The smallest absolute Gasteiger partial charge is 0.311 e. The number of thiazole rings is 1. The first-order chi connectivity index (χ1) is 12.1. The second-order valence-corrected chi connectivity index (χ2v) is 6.56. The molecule has 1 aromatic carbocycles. The Balaban J connectivity index is 1.89. The van der Waals surface area contributed by atoms with Crippen LogP contribution in [0.2, 0.25) is 0 Å². The predicted molar refractivity (Wildman–Crippen MR) is 98.5 cm³/mol. The summed E-state index contributed by atoms with van der Waals surface area (Å²) in [6.45, 7) is 0.529. The first-order valence-electron chi connectivity index (χ1n) is 7.86. The van der Waals surface area contributed by atoms with Crippen LogP contribution in [0.4, 0.5) is 5.69 Å². The number of allylic oxidation sites excluding steroid dienone is 1. The lowest BCUT2D eigenvalue weighted by atomic mass is 10.1. The van der Waals surface area contributed by atoms with Gasteiger partial charge >= 0.3 is 4.87 Å². The molecule has 3 rings (SSSR count). The number of hydrogen-bond donors (Lipinski definition) is 3. The van der Waals surface area contributed by atoms with Crippen LogP contribution in [-0.4, -0.2) is 57.3 Å².